The lowest BCUT2D eigenvalue weighted by molar-refractivity contribution is -0.689. The Morgan fingerprint density at radius 3 is 2.12 bits per heavy atom. The van der Waals surface area contributed by atoms with Crippen molar-refractivity contribution < 1.29 is 18.8 Å². The molecule has 0 atom stereocenters. The van der Waals surface area contributed by atoms with Crippen LogP contribution in [0.25, 0.3) is 0 Å². The molecule has 0 saturated heterocycles. The second-order valence-corrected chi connectivity index (χ2v) is 11.6. The van der Waals surface area contributed by atoms with Gasteiger partial charge in [0, 0.05) is 24.2 Å². The van der Waals surface area contributed by atoms with Gasteiger partial charge in [-0.05, 0) is 30.7 Å². The molecule has 0 radical (unpaired) electrons. The van der Waals surface area contributed by atoms with Crippen LogP contribution < -0.4 is 19.4 Å². The molecule has 0 aliphatic heterocycles. The number of aromatic nitrogens is 1. The molecule has 0 bridgehead atoms. The van der Waals surface area contributed by atoms with Gasteiger partial charge in [0.15, 0.2) is 18.8 Å². The van der Waals surface area contributed by atoms with E-state index in [4.69, 9.17) is 21.1 Å². The van der Waals surface area contributed by atoms with Crippen molar-refractivity contribution in [1.82, 2.24) is 0 Å². The minimum Gasteiger partial charge on any atom is -0.492 e. The number of rotatable bonds is 20. The van der Waals surface area contributed by atoms with E-state index in [0.717, 1.165) is 18.7 Å². The fourth-order valence-corrected chi connectivity index (χ4v) is 5.57. The quantitative estimate of drug-likeness (QED) is 0.106. The van der Waals surface area contributed by atoms with Gasteiger partial charge in [0.05, 0.1) is 17.0 Å². The van der Waals surface area contributed by atoms with Crippen LogP contribution in [0.2, 0.25) is 5.02 Å². The third-order valence-electron chi connectivity index (χ3n) is 7.00. The van der Waals surface area contributed by atoms with Crippen LogP contribution in [0, 0.1) is 6.92 Å². The second kappa shape index (κ2) is 18.7. The summed E-state index contributed by atoms with van der Waals surface area (Å²) in [6, 6.07) is 13.2. The molecule has 2 aromatic carbocycles. The summed E-state index contributed by atoms with van der Waals surface area (Å²) >= 11 is 8.08. The van der Waals surface area contributed by atoms with Crippen molar-refractivity contribution in [3.8, 4) is 11.5 Å². The molecule has 3 rings (SSSR count). The largest absolute Gasteiger partial charge is 0.492 e. The third kappa shape index (κ3) is 12.3. The summed E-state index contributed by atoms with van der Waals surface area (Å²) in [5, 5.41) is 5.50. The van der Waals surface area contributed by atoms with Gasteiger partial charge >= 0.3 is 0 Å². The van der Waals surface area contributed by atoms with E-state index in [-0.39, 0.29) is 12.5 Å². The molecule has 5 nitrogen and oxygen atoms in total. The molecule has 0 saturated carbocycles. The monoisotopic (exact) mass is 585 g/mol. The van der Waals surface area contributed by atoms with Crippen molar-refractivity contribution in [3.05, 3.63) is 69.6 Å². The molecule has 3 aromatic rings. The first kappa shape index (κ1) is 32.0. The van der Waals surface area contributed by atoms with Gasteiger partial charge in [0.2, 0.25) is 5.51 Å². The van der Waals surface area contributed by atoms with E-state index in [1.165, 1.54) is 81.9 Å². The number of amides is 1. The number of nitrogens with zero attached hydrogens (tertiary/aromatic N) is 1. The van der Waals surface area contributed by atoms with E-state index >= 15 is 0 Å². The first-order valence-electron chi connectivity index (χ1n) is 14.9. The second-order valence-electron chi connectivity index (χ2n) is 10.5. The van der Waals surface area contributed by atoms with Crippen LogP contribution in [-0.4, -0.2) is 19.1 Å². The predicted octanol–water partition coefficient (Wildman–Crippen LogP) is 9.14. The molecular formula is C33H46ClN2O3S+. The molecule has 0 unspecified atom stereocenters. The fourth-order valence-electron chi connectivity index (χ4n) is 4.56. The van der Waals surface area contributed by atoms with Gasteiger partial charge in [-0.15, -0.1) is 0 Å². The normalized spacial score (nSPS) is 11.0. The standard InChI is InChI=1S/C33H45ClN2O3S/c1-3-4-5-6-7-8-9-10-11-12-13-14-21-38-32-20-19-30(22-31(32)34)39-24-33(37)35-29-17-15-28(16-18-29)23-36-26-40-25-27(36)2/h15-20,22,25-26H,3-14,21,23-24H2,1-2H3/p+1. The maximum atomic E-state index is 12.4. The highest BCUT2D eigenvalue weighted by molar-refractivity contribution is 7.07. The number of halogens is 1. The zero-order valence-electron chi connectivity index (χ0n) is 24.3. The molecule has 1 N–H and O–H groups in total. The number of ether oxygens (including phenoxy) is 2. The number of nitrogens with one attached hydrogen (secondary N) is 1. The summed E-state index contributed by atoms with van der Waals surface area (Å²) in [6.07, 6.45) is 15.8. The highest BCUT2D eigenvalue weighted by Crippen LogP contribution is 2.29. The van der Waals surface area contributed by atoms with Gasteiger partial charge in [-0.1, -0.05) is 113 Å². The van der Waals surface area contributed by atoms with Crippen molar-refractivity contribution in [3.63, 3.8) is 0 Å². The lowest BCUT2D eigenvalue weighted by atomic mass is 10.1. The highest BCUT2D eigenvalue weighted by atomic mass is 35.5. The van der Waals surface area contributed by atoms with Crippen LogP contribution in [0.5, 0.6) is 11.5 Å². The molecule has 0 aliphatic carbocycles. The first-order chi connectivity index (χ1) is 19.5. The smallest absolute Gasteiger partial charge is 0.262 e. The zero-order chi connectivity index (χ0) is 28.4. The summed E-state index contributed by atoms with van der Waals surface area (Å²) in [5.74, 6) is 0.966. The number of thiazole rings is 1. The number of benzene rings is 2. The van der Waals surface area contributed by atoms with Gasteiger partial charge in [-0.25, -0.2) is 0 Å². The summed E-state index contributed by atoms with van der Waals surface area (Å²) in [4.78, 5) is 12.4. The number of aryl methyl sites for hydroxylation is 1. The van der Waals surface area contributed by atoms with Gasteiger partial charge in [0.1, 0.15) is 11.5 Å². The molecule has 0 spiro atoms. The average Bonchev–Trinajstić information content (AvgIpc) is 3.36. The van der Waals surface area contributed by atoms with Crippen LogP contribution >= 0.6 is 22.9 Å². The maximum absolute atomic E-state index is 12.4. The van der Waals surface area contributed by atoms with Gasteiger partial charge in [0.25, 0.3) is 5.91 Å². The maximum Gasteiger partial charge on any atom is 0.262 e. The van der Waals surface area contributed by atoms with Crippen molar-refractivity contribution in [2.24, 2.45) is 0 Å². The summed E-state index contributed by atoms with van der Waals surface area (Å²) in [6.45, 7) is 5.74. The molecule has 40 heavy (non-hydrogen) atoms. The molecule has 218 valence electrons. The molecule has 0 aliphatic rings. The van der Waals surface area contributed by atoms with Crippen molar-refractivity contribution >= 4 is 34.5 Å². The van der Waals surface area contributed by atoms with Crippen LogP contribution in [0.15, 0.2) is 53.4 Å². The van der Waals surface area contributed by atoms with E-state index in [2.05, 4.69) is 34.6 Å². The Kier molecular flexibility index (Phi) is 15.0. The molecule has 7 heteroatoms. The minimum atomic E-state index is -0.223. The van der Waals surface area contributed by atoms with E-state index in [1.54, 1.807) is 23.5 Å². The topological polar surface area (TPSA) is 51.4 Å². The minimum absolute atomic E-state index is 0.0961. The van der Waals surface area contributed by atoms with Gasteiger partial charge in [-0.3, -0.25) is 4.79 Å². The van der Waals surface area contributed by atoms with Crippen molar-refractivity contribution in [2.45, 2.75) is 97.4 Å². The lowest BCUT2D eigenvalue weighted by Gasteiger charge is -2.11. The third-order valence-corrected chi connectivity index (χ3v) is 8.15. The number of carbonyl (C=O) groups excluding carboxylic acids is 1. The van der Waals surface area contributed by atoms with E-state index in [9.17, 15) is 4.79 Å². The highest BCUT2D eigenvalue weighted by Gasteiger charge is 2.10. The number of hydrogen-bond acceptors (Lipinski definition) is 4. The molecule has 1 amide bonds. The van der Waals surface area contributed by atoms with E-state index in [1.807, 2.05) is 30.3 Å². The number of carbonyl (C=O) groups is 1. The predicted molar refractivity (Wildman–Crippen MR) is 167 cm³/mol. The Morgan fingerprint density at radius 1 is 0.875 bits per heavy atom. The molecule has 1 heterocycles. The average molecular weight is 586 g/mol. The lowest BCUT2D eigenvalue weighted by Crippen LogP contribution is -2.34. The number of hydrogen-bond donors (Lipinski definition) is 1. The number of unbranched alkanes of at least 4 members (excludes halogenated alkanes) is 11. The molecule has 1 aromatic heterocycles. The van der Waals surface area contributed by atoms with Crippen LogP contribution in [0.4, 0.5) is 5.69 Å². The van der Waals surface area contributed by atoms with Gasteiger partial charge in [-0.2, -0.15) is 4.57 Å². The zero-order valence-corrected chi connectivity index (χ0v) is 25.8. The Hall–Kier alpha value is -2.57. The van der Waals surface area contributed by atoms with Gasteiger partial charge < -0.3 is 14.8 Å². The Bertz CT molecular complexity index is 1130. The first-order valence-corrected chi connectivity index (χ1v) is 16.2. The fraction of sp³-hybridized carbons (Fsp3) is 0.515. The molecule has 0 fully saturated rings. The van der Waals surface area contributed by atoms with E-state index in [0.29, 0.717) is 23.1 Å². The van der Waals surface area contributed by atoms with E-state index < -0.39 is 0 Å². The Morgan fingerprint density at radius 2 is 1.52 bits per heavy atom. The summed E-state index contributed by atoms with van der Waals surface area (Å²) < 4.78 is 13.7. The van der Waals surface area contributed by atoms with Crippen LogP contribution in [0.3, 0.4) is 0 Å². The Balaban J connectivity index is 1.25. The summed E-state index contributed by atoms with van der Waals surface area (Å²) in [5.41, 5.74) is 5.26. The summed E-state index contributed by atoms with van der Waals surface area (Å²) in [7, 11) is 0. The van der Waals surface area contributed by atoms with Crippen molar-refractivity contribution in [1.29, 1.82) is 0 Å². The molecular weight excluding hydrogens is 540 g/mol. The van der Waals surface area contributed by atoms with Crippen LogP contribution in [0.1, 0.15) is 95.2 Å². The van der Waals surface area contributed by atoms with Crippen LogP contribution in [-0.2, 0) is 11.3 Å². The van der Waals surface area contributed by atoms with Crippen molar-refractivity contribution in [2.75, 3.05) is 18.5 Å². The SMILES string of the molecule is CCCCCCCCCCCCCCOc1ccc(OCC(=O)Nc2ccc(C[n+]3cscc3C)cc2)cc1Cl. The number of anilines is 1. The Labute approximate surface area is 249 Å².